The summed E-state index contributed by atoms with van der Waals surface area (Å²) in [5.41, 5.74) is 1.29. The predicted molar refractivity (Wildman–Crippen MR) is 83.7 cm³/mol. The molecule has 1 aromatic carbocycles. The van der Waals surface area contributed by atoms with Gasteiger partial charge in [0.2, 0.25) is 0 Å². The molecule has 0 radical (unpaired) electrons. The summed E-state index contributed by atoms with van der Waals surface area (Å²) in [6.07, 6.45) is 3.83. The lowest BCUT2D eigenvalue weighted by Crippen LogP contribution is -2.38. The van der Waals surface area contributed by atoms with Crippen LogP contribution in [0.2, 0.25) is 10.0 Å². The van der Waals surface area contributed by atoms with Gasteiger partial charge in [-0.3, -0.25) is 0 Å². The largest absolute Gasteiger partial charge is 0.381 e. The predicted octanol–water partition coefficient (Wildman–Crippen LogP) is 4.11. The van der Waals surface area contributed by atoms with Crippen molar-refractivity contribution >= 4 is 23.2 Å². The highest BCUT2D eigenvalue weighted by atomic mass is 35.5. The van der Waals surface area contributed by atoms with E-state index in [0.717, 1.165) is 38.6 Å². The number of hydrogen-bond donors (Lipinski definition) is 1. The van der Waals surface area contributed by atoms with Crippen LogP contribution in [0.3, 0.4) is 0 Å². The number of halogens is 2. The van der Waals surface area contributed by atoms with Gasteiger partial charge in [-0.25, -0.2) is 0 Å². The molecule has 2 aliphatic rings. The molecule has 2 fully saturated rings. The molecule has 0 spiro atoms. The summed E-state index contributed by atoms with van der Waals surface area (Å²) < 4.78 is 5.90. The second kappa shape index (κ2) is 6.65. The first-order valence-electron chi connectivity index (χ1n) is 7.47. The van der Waals surface area contributed by atoms with Crippen molar-refractivity contribution < 1.29 is 4.74 Å². The SMILES string of the molecule is Clc1ccc([C@H]2CCNC[C@H]2COCC2CC2)cc1Cl. The molecular formula is C16H21Cl2NO. The van der Waals surface area contributed by atoms with Crippen LogP contribution in [-0.4, -0.2) is 26.3 Å². The first-order chi connectivity index (χ1) is 9.74. The number of piperidine rings is 1. The average molecular weight is 314 g/mol. The van der Waals surface area contributed by atoms with E-state index in [4.69, 9.17) is 27.9 Å². The monoisotopic (exact) mass is 313 g/mol. The number of ether oxygens (including phenoxy) is 1. The van der Waals surface area contributed by atoms with Gasteiger partial charge in [0, 0.05) is 19.1 Å². The smallest absolute Gasteiger partial charge is 0.0595 e. The van der Waals surface area contributed by atoms with E-state index in [-0.39, 0.29) is 0 Å². The Labute approximate surface area is 130 Å². The van der Waals surface area contributed by atoms with E-state index in [0.29, 0.717) is 21.9 Å². The zero-order valence-electron chi connectivity index (χ0n) is 11.6. The molecule has 1 saturated heterocycles. The van der Waals surface area contributed by atoms with Crippen LogP contribution in [0.1, 0.15) is 30.7 Å². The minimum Gasteiger partial charge on any atom is -0.381 e. The van der Waals surface area contributed by atoms with Crippen LogP contribution in [-0.2, 0) is 4.74 Å². The molecule has 110 valence electrons. The maximum Gasteiger partial charge on any atom is 0.0595 e. The van der Waals surface area contributed by atoms with Gasteiger partial charge in [0.15, 0.2) is 0 Å². The lowest BCUT2D eigenvalue weighted by molar-refractivity contribution is 0.0742. The lowest BCUT2D eigenvalue weighted by atomic mass is 9.81. The zero-order valence-corrected chi connectivity index (χ0v) is 13.1. The van der Waals surface area contributed by atoms with Crippen molar-refractivity contribution in [1.29, 1.82) is 0 Å². The fraction of sp³-hybridized carbons (Fsp3) is 0.625. The van der Waals surface area contributed by atoms with Crippen LogP contribution >= 0.6 is 23.2 Å². The van der Waals surface area contributed by atoms with E-state index in [9.17, 15) is 0 Å². The van der Waals surface area contributed by atoms with E-state index in [1.54, 1.807) is 0 Å². The van der Waals surface area contributed by atoms with Gasteiger partial charge in [0.05, 0.1) is 16.7 Å². The minimum absolute atomic E-state index is 0.519. The second-order valence-corrected chi connectivity index (χ2v) is 6.83. The maximum atomic E-state index is 6.16. The molecule has 4 heteroatoms. The molecule has 1 aliphatic heterocycles. The van der Waals surface area contributed by atoms with Gasteiger partial charge in [-0.2, -0.15) is 0 Å². The van der Waals surface area contributed by atoms with Gasteiger partial charge < -0.3 is 10.1 Å². The number of hydrogen-bond acceptors (Lipinski definition) is 2. The summed E-state index contributed by atoms with van der Waals surface area (Å²) in [4.78, 5) is 0. The van der Waals surface area contributed by atoms with Crippen LogP contribution < -0.4 is 5.32 Å². The highest BCUT2D eigenvalue weighted by Crippen LogP contribution is 2.35. The maximum absolute atomic E-state index is 6.16. The van der Waals surface area contributed by atoms with Crippen molar-refractivity contribution in [2.75, 3.05) is 26.3 Å². The summed E-state index contributed by atoms with van der Waals surface area (Å²) in [5.74, 6) is 1.87. The third-order valence-electron chi connectivity index (χ3n) is 4.36. The Bertz CT molecular complexity index is 462. The van der Waals surface area contributed by atoms with E-state index in [1.165, 1.54) is 18.4 Å². The summed E-state index contributed by atoms with van der Waals surface area (Å²) in [6, 6.07) is 6.04. The Morgan fingerprint density at radius 2 is 1.95 bits per heavy atom. The summed E-state index contributed by atoms with van der Waals surface area (Å²) >= 11 is 12.2. The molecule has 20 heavy (non-hydrogen) atoms. The lowest BCUT2D eigenvalue weighted by Gasteiger charge is -2.32. The Kier molecular flexibility index (Phi) is 4.87. The fourth-order valence-corrected chi connectivity index (χ4v) is 3.26. The molecule has 1 saturated carbocycles. The third-order valence-corrected chi connectivity index (χ3v) is 5.10. The molecule has 2 nitrogen and oxygen atoms in total. The molecule has 0 aromatic heterocycles. The molecule has 2 atom stereocenters. The molecular weight excluding hydrogens is 293 g/mol. The quantitative estimate of drug-likeness (QED) is 0.883. The number of nitrogens with one attached hydrogen (secondary N) is 1. The Morgan fingerprint density at radius 1 is 1.10 bits per heavy atom. The molecule has 1 N–H and O–H groups in total. The summed E-state index contributed by atoms with van der Waals surface area (Å²) in [7, 11) is 0. The Morgan fingerprint density at radius 3 is 2.70 bits per heavy atom. The topological polar surface area (TPSA) is 21.3 Å². The van der Waals surface area contributed by atoms with Crippen molar-refractivity contribution in [3.63, 3.8) is 0 Å². The van der Waals surface area contributed by atoms with E-state index in [1.807, 2.05) is 12.1 Å². The molecule has 0 unspecified atom stereocenters. The van der Waals surface area contributed by atoms with Crippen molar-refractivity contribution in [2.45, 2.75) is 25.2 Å². The first kappa shape index (κ1) is 14.6. The third kappa shape index (κ3) is 3.67. The van der Waals surface area contributed by atoms with Gasteiger partial charge >= 0.3 is 0 Å². The van der Waals surface area contributed by atoms with Gasteiger partial charge in [0.1, 0.15) is 0 Å². The highest BCUT2D eigenvalue weighted by molar-refractivity contribution is 6.42. The van der Waals surface area contributed by atoms with Crippen LogP contribution in [0.4, 0.5) is 0 Å². The van der Waals surface area contributed by atoms with Crippen LogP contribution in [0.5, 0.6) is 0 Å². The van der Waals surface area contributed by atoms with Crippen LogP contribution in [0.25, 0.3) is 0 Å². The zero-order chi connectivity index (χ0) is 13.9. The summed E-state index contributed by atoms with van der Waals surface area (Å²) in [6.45, 7) is 3.86. The molecule has 3 rings (SSSR count). The van der Waals surface area contributed by atoms with E-state index in [2.05, 4.69) is 11.4 Å². The van der Waals surface area contributed by atoms with Crippen molar-refractivity contribution in [1.82, 2.24) is 5.32 Å². The standard InChI is InChI=1S/C16H21Cl2NO/c17-15-4-3-12(7-16(15)18)14-5-6-19-8-13(14)10-20-9-11-1-2-11/h3-4,7,11,13-14,19H,1-2,5-6,8-10H2/t13-,14+/m0/s1. The Hall–Kier alpha value is -0.280. The van der Waals surface area contributed by atoms with Crippen molar-refractivity contribution in [3.05, 3.63) is 33.8 Å². The molecule has 0 bridgehead atoms. The van der Waals surface area contributed by atoms with Gasteiger partial charge in [-0.05, 0) is 55.3 Å². The van der Waals surface area contributed by atoms with E-state index < -0.39 is 0 Å². The first-order valence-corrected chi connectivity index (χ1v) is 8.23. The molecule has 1 aromatic rings. The highest BCUT2D eigenvalue weighted by Gasteiger charge is 2.28. The Balaban J connectivity index is 1.65. The number of benzene rings is 1. The van der Waals surface area contributed by atoms with Crippen LogP contribution in [0.15, 0.2) is 18.2 Å². The average Bonchev–Trinajstić information content (AvgIpc) is 3.27. The van der Waals surface area contributed by atoms with Gasteiger partial charge in [-0.1, -0.05) is 29.3 Å². The molecule has 1 heterocycles. The fourth-order valence-electron chi connectivity index (χ4n) is 2.95. The van der Waals surface area contributed by atoms with Gasteiger partial charge in [0.25, 0.3) is 0 Å². The van der Waals surface area contributed by atoms with Crippen LogP contribution in [0, 0.1) is 11.8 Å². The molecule has 1 aliphatic carbocycles. The minimum atomic E-state index is 0.519. The second-order valence-electron chi connectivity index (χ2n) is 6.01. The van der Waals surface area contributed by atoms with Gasteiger partial charge in [-0.15, -0.1) is 0 Å². The normalized spacial score (nSPS) is 26.7. The summed E-state index contributed by atoms with van der Waals surface area (Å²) in [5, 5.41) is 4.76. The van der Waals surface area contributed by atoms with E-state index >= 15 is 0 Å². The number of rotatable bonds is 5. The van der Waals surface area contributed by atoms with Crippen molar-refractivity contribution in [2.24, 2.45) is 11.8 Å². The molecule has 0 amide bonds. The van der Waals surface area contributed by atoms with Crippen molar-refractivity contribution in [3.8, 4) is 0 Å².